The molecule has 0 unspecified atom stereocenters. The van der Waals surface area contributed by atoms with Crippen LogP contribution in [0, 0.1) is 5.92 Å². The van der Waals surface area contributed by atoms with Crippen LogP contribution in [0.2, 0.25) is 0 Å². The summed E-state index contributed by atoms with van der Waals surface area (Å²) in [6.07, 6.45) is 5.23. The van der Waals surface area contributed by atoms with E-state index >= 15 is 0 Å². The van der Waals surface area contributed by atoms with Crippen LogP contribution in [0.3, 0.4) is 0 Å². The van der Waals surface area contributed by atoms with Crippen molar-refractivity contribution >= 4 is 16.8 Å². The molecule has 162 valence electrons. The highest BCUT2D eigenvalue weighted by molar-refractivity contribution is 5.89. The Morgan fingerprint density at radius 1 is 1.23 bits per heavy atom. The van der Waals surface area contributed by atoms with Crippen molar-refractivity contribution < 1.29 is 14.6 Å². The first-order valence-corrected chi connectivity index (χ1v) is 11.2. The topological polar surface area (TPSA) is 57.9 Å². The molecule has 1 N–H and O–H groups in total. The van der Waals surface area contributed by atoms with Crippen LogP contribution in [-0.4, -0.2) is 65.3 Å². The van der Waals surface area contributed by atoms with Gasteiger partial charge < -0.3 is 19.3 Å². The number of ether oxygens (including phenoxy) is 1. The van der Waals surface area contributed by atoms with E-state index in [9.17, 15) is 9.90 Å². The number of aryl methyl sites for hydroxylation is 1. The highest BCUT2D eigenvalue weighted by Crippen LogP contribution is 2.50. The van der Waals surface area contributed by atoms with Crippen LogP contribution in [-0.2, 0) is 17.3 Å². The number of methoxy groups -OCH3 is 1. The minimum Gasteiger partial charge on any atom is -0.497 e. The second-order valence-electron chi connectivity index (χ2n) is 9.64. The zero-order valence-corrected chi connectivity index (χ0v) is 18.4. The average Bonchev–Trinajstić information content (AvgIpc) is 3.32. The molecule has 6 nitrogen and oxygen atoms in total. The number of rotatable bonds is 4. The Labute approximate surface area is 178 Å². The number of hydrogen-bond acceptors (Lipinski definition) is 4. The fourth-order valence-electron chi connectivity index (χ4n) is 6.34. The number of carbonyl (C=O) groups excluding carboxylic acids is 1. The van der Waals surface area contributed by atoms with Gasteiger partial charge in [0.2, 0.25) is 5.91 Å². The van der Waals surface area contributed by atoms with Gasteiger partial charge in [0.25, 0.3) is 0 Å². The first-order chi connectivity index (χ1) is 14.5. The second kappa shape index (κ2) is 7.27. The van der Waals surface area contributed by atoms with Crippen LogP contribution < -0.4 is 4.74 Å². The van der Waals surface area contributed by atoms with Gasteiger partial charge in [0.1, 0.15) is 5.75 Å². The fourth-order valence-corrected chi connectivity index (χ4v) is 6.34. The number of hydrogen-bond donors (Lipinski definition) is 1. The van der Waals surface area contributed by atoms with Crippen LogP contribution in [0.5, 0.6) is 5.75 Å². The Hall–Kier alpha value is -2.05. The number of amides is 1. The smallest absolute Gasteiger partial charge is 0.219 e. The maximum absolute atomic E-state index is 12.0. The number of carbonyl (C=O) groups is 1. The van der Waals surface area contributed by atoms with Gasteiger partial charge in [-0.1, -0.05) is 12.8 Å². The summed E-state index contributed by atoms with van der Waals surface area (Å²) in [5, 5.41) is 11.7. The van der Waals surface area contributed by atoms with E-state index in [1.165, 1.54) is 42.3 Å². The van der Waals surface area contributed by atoms with Gasteiger partial charge in [-0.05, 0) is 36.5 Å². The third-order valence-electron chi connectivity index (χ3n) is 7.82. The molecule has 1 aliphatic carbocycles. The standard InChI is InChI=1S/C24H33N3O3/c1-16(29)27-14-24(15-27)13-26(11-17-6-4-5-7-17)21(12-28)23-22(24)19-9-8-18(30-3)10-20(19)25(23)2/h8-10,17,21,28H,4-7,11-15H2,1-3H3/t21-/m0/s1. The van der Waals surface area contributed by atoms with Crippen molar-refractivity contribution in [3.63, 3.8) is 0 Å². The maximum Gasteiger partial charge on any atom is 0.219 e. The third-order valence-corrected chi connectivity index (χ3v) is 7.82. The van der Waals surface area contributed by atoms with E-state index in [2.05, 4.69) is 28.6 Å². The molecule has 6 heteroatoms. The Bertz CT molecular complexity index is 970. The lowest BCUT2D eigenvalue weighted by atomic mass is 9.68. The number of aliphatic hydroxyl groups is 1. The molecule has 0 bridgehead atoms. The SMILES string of the molecule is COc1ccc2c3c(n(C)c2c1)[C@H](CO)N(CC1CCCC1)CC31CN(C(C)=O)C1. The van der Waals surface area contributed by atoms with Crippen molar-refractivity contribution in [3.8, 4) is 5.75 Å². The molecule has 1 atom stereocenters. The van der Waals surface area contributed by atoms with Gasteiger partial charge in [-0.3, -0.25) is 9.69 Å². The highest BCUT2D eigenvalue weighted by atomic mass is 16.5. The number of likely N-dealkylation sites (tertiary alicyclic amines) is 1. The molecule has 1 aromatic carbocycles. The molecular weight excluding hydrogens is 378 g/mol. The van der Waals surface area contributed by atoms with Crippen molar-refractivity contribution in [3.05, 3.63) is 29.5 Å². The van der Waals surface area contributed by atoms with Crippen LogP contribution in [0.1, 0.15) is 49.9 Å². The van der Waals surface area contributed by atoms with Crippen LogP contribution >= 0.6 is 0 Å². The summed E-state index contributed by atoms with van der Waals surface area (Å²) >= 11 is 0. The number of aromatic nitrogens is 1. The monoisotopic (exact) mass is 411 g/mol. The summed E-state index contributed by atoms with van der Waals surface area (Å²) in [6, 6.07) is 6.28. The summed E-state index contributed by atoms with van der Waals surface area (Å²) in [5.74, 6) is 1.71. The van der Waals surface area contributed by atoms with E-state index < -0.39 is 0 Å². The lowest BCUT2D eigenvalue weighted by molar-refractivity contribution is -0.138. The lowest BCUT2D eigenvalue weighted by Gasteiger charge is -2.56. The van der Waals surface area contributed by atoms with Gasteiger partial charge in [0.05, 0.1) is 25.3 Å². The van der Waals surface area contributed by atoms with Gasteiger partial charge >= 0.3 is 0 Å². The first-order valence-electron chi connectivity index (χ1n) is 11.2. The van der Waals surface area contributed by atoms with Gasteiger partial charge in [-0.15, -0.1) is 0 Å². The van der Waals surface area contributed by atoms with E-state index in [-0.39, 0.29) is 24.0 Å². The number of fused-ring (bicyclic) bond motifs is 4. The molecular formula is C24H33N3O3. The molecule has 2 aromatic rings. The molecule has 1 amide bonds. The summed E-state index contributed by atoms with van der Waals surface area (Å²) in [6.45, 7) is 5.26. The van der Waals surface area contributed by atoms with E-state index in [4.69, 9.17) is 4.74 Å². The normalized spacial score (nSPS) is 23.7. The first kappa shape index (κ1) is 19.9. The minimum atomic E-state index is -0.0562. The summed E-state index contributed by atoms with van der Waals surface area (Å²) in [5.41, 5.74) is 3.63. The van der Waals surface area contributed by atoms with E-state index in [0.717, 1.165) is 43.4 Å². The molecule has 3 heterocycles. The lowest BCUT2D eigenvalue weighted by Crippen LogP contribution is -2.67. The number of aliphatic hydroxyl groups excluding tert-OH is 1. The predicted octanol–water partition coefficient (Wildman–Crippen LogP) is 2.83. The van der Waals surface area contributed by atoms with E-state index in [1.807, 2.05) is 11.0 Å². The molecule has 30 heavy (non-hydrogen) atoms. The molecule has 3 aliphatic rings. The highest BCUT2D eigenvalue weighted by Gasteiger charge is 2.54. The average molecular weight is 412 g/mol. The fraction of sp³-hybridized carbons (Fsp3) is 0.625. The predicted molar refractivity (Wildman–Crippen MR) is 117 cm³/mol. The minimum absolute atomic E-state index is 0.000924. The molecule has 2 fully saturated rings. The Balaban J connectivity index is 1.64. The molecule has 1 aromatic heterocycles. The molecule has 0 radical (unpaired) electrons. The van der Waals surface area contributed by atoms with Gasteiger partial charge in [0, 0.05) is 62.7 Å². The van der Waals surface area contributed by atoms with E-state index in [1.54, 1.807) is 14.0 Å². The Morgan fingerprint density at radius 2 is 1.97 bits per heavy atom. The Morgan fingerprint density at radius 3 is 2.60 bits per heavy atom. The third kappa shape index (κ3) is 2.88. The molecule has 5 rings (SSSR count). The van der Waals surface area contributed by atoms with E-state index in [0.29, 0.717) is 0 Å². The zero-order chi connectivity index (χ0) is 21.0. The molecule has 1 saturated carbocycles. The Kier molecular flexibility index (Phi) is 4.82. The second-order valence-corrected chi connectivity index (χ2v) is 9.64. The van der Waals surface area contributed by atoms with Gasteiger partial charge in [-0.2, -0.15) is 0 Å². The van der Waals surface area contributed by atoms with Crippen LogP contribution in [0.4, 0.5) is 0 Å². The van der Waals surface area contributed by atoms with Gasteiger partial charge in [0.15, 0.2) is 0 Å². The largest absolute Gasteiger partial charge is 0.497 e. The van der Waals surface area contributed by atoms with Crippen molar-refractivity contribution in [2.75, 3.05) is 39.9 Å². The molecule has 2 aliphatic heterocycles. The number of benzene rings is 1. The van der Waals surface area contributed by atoms with Crippen molar-refractivity contribution in [2.45, 2.75) is 44.1 Å². The van der Waals surface area contributed by atoms with Crippen molar-refractivity contribution in [1.29, 1.82) is 0 Å². The zero-order valence-electron chi connectivity index (χ0n) is 18.4. The van der Waals surface area contributed by atoms with Crippen LogP contribution in [0.25, 0.3) is 10.9 Å². The molecule has 1 spiro atoms. The summed E-state index contributed by atoms with van der Waals surface area (Å²) < 4.78 is 7.74. The number of nitrogens with zero attached hydrogens (tertiary/aromatic N) is 3. The van der Waals surface area contributed by atoms with Crippen molar-refractivity contribution in [2.24, 2.45) is 13.0 Å². The molecule has 1 saturated heterocycles. The summed E-state index contributed by atoms with van der Waals surface area (Å²) in [4.78, 5) is 16.5. The van der Waals surface area contributed by atoms with Crippen molar-refractivity contribution in [1.82, 2.24) is 14.4 Å². The van der Waals surface area contributed by atoms with Gasteiger partial charge in [-0.25, -0.2) is 0 Å². The van der Waals surface area contributed by atoms with Crippen LogP contribution in [0.15, 0.2) is 18.2 Å². The summed E-state index contributed by atoms with van der Waals surface area (Å²) in [7, 11) is 3.81. The maximum atomic E-state index is 12.0. The quantitative estimate of drug-likeness (QED) is 0.841.